The van der Waals surface area contributed by atoms with Crippen LogP contribution < -0.4 is 0 Å². The predicted molar refractivity (Wildman–Crippen MR) is 121 cm³/mol. The summed E-state index contributed by atoms with van der Waals surface area (Å²) in [5.41, 5.74) is 1.85. The van der Waals surface area contributed by atoms with Crippen molar-refractivity contribution in [3.05, 3.63) is 70.6 Å². The van der Waals surface area contributed by atoms with Crippen LogP contribution in [0.25, 0.3) is 6.08 Å². The van der Waals surface area contributed by atoms with E-state index >= 15 is 0 Å². The lowest BCUT2D eigenvalue weighted by Gasteiger charge is -2.35. The van der Waals surface area contributed by atoms with E-state index < -0.39 is 5.97 Å². The molecule has 1 amide bonds. The van der Waals surface area contributed by atoms with E-state index in [2.05, 4.69) is 6.92 Å². The van der Waals surface area contributed by atoms with Gasteiger partial charge in [-0.1, -0.05) is 50.1 Å². The van der Waals surface area contributed by atoms with Crippen LogP contribution in [0.3, 0.4) is 0 Å². The molecule has 2 fully saturated rings. The first-order valence-corrected chi connectivity index (χ1v) is 11.0. The van der Waals surface area contributed by atoms with Gasteiger partial charge < -0.3 is 5.11 Å². The topological polar surface area (TPSA) is 70.0 Å². The lowest BCUT2D eigenvalue weighted by Crippen LogP contribution is -2.44. The highest BCUT2D eigenvalue weighted by molar-refractivity contribution is 8.18. The van der Waals surface area contributed by atoms with Crippen LogP contribution >= 0.6 is 11.8 Å². The Labute approximate surface area is 180 Å². The summed E-state index contributed by atoms with van der Waals surface area (Å²) in [6.07, 6.45) is 6.26. The number of para-hydroxylation sites is 1. The number of benzene rings is 2. The number of amidine groups is 1. The Kier molecular flexibility index (Phi) is 6.04. The van der Waals surface area contributed by atoms with Gasteiger partial charge in [-0.05, 0) is 66.4 Å². The van der Waals surface area contributed by atoms with Gasteiger partial charge in [0.15, 0.2) is 5.17 Å². The molecule has 4 rings (SSSR count). The summed E-state index contributed by atoms with van der Waals surface area (Å²) in [5.74, 6) is -0.551. The van der Waals surface area contributed by atoms with Crippen LogP contribution in [-0.2, 0) is 4.79 Å². The number of carbonyl (C=O) groups is 2. The van der Waals surface area contributed by atoms with E-state index in [-0.39, 0.29) is 17.5 Å². The minimum atomic E-state index is -0.963. The van der Waals surface area contributed by atoms with Crippen molar-refractivity contribution in [2.24, 2.45) is 10.9 Å². The Hall–Kier alpha value is -2.86. The van der Waals surface area contributed by atoms with Crippen LogP contribution in [0.15, 0.2) is 64.5 Å². The van der Waals surface area contributed by atoms with Crippen molar-refractivity contribution >= 4 is 40.6 Å². The fourth-order valence-corrected chi connectivity index (χ4v) is 5.07. The Morgan fingerprint density at radius 2 is 1.80 bits per heavy atom. The molecular formula is C24H24N2O3S. The van der Waals surface area contributed by atoms with E-state index in [4.69, 9.17) is 10.1 Å². The van der Waals surface area contributed by atoms with Crippen molar-refractivity contribution in [3.63, 3.8) is 0 Å². The zero-order valence-corrected chi connectivity index (χ0v) is 17.6. The number of amides is 1. The molecule has 0 aromatic heterocycles. The number of thioether (sulfide) groups is 1. The van der Waals surface area contributed by atoms with Crippen molar-refractivity contribution in [2.75, 3.05) is 0 Å². The number of carboxylic acid groups (broad SMARTS) is 1. The SMILES string of the molecule is C[C@H]1CCCC[C@@H]1N1C(=O)/C(=C/c2ccc(C(=O)O)cc2)SC1=Nc1ccccc1. The summed E-state index contributed by atoms with van der Waals surface area (Å²) < 4.78 is 0. The molecule has 1 aliphatic carbocycles. The first kappa shape index (κ1) is 20.4. The zero-order valence-electron chi connectivity index (χ0n) is 16.8. The van der Waals surface area contributed by atoms with Gasteiger partial charge in [-0.15, -0.1) is 0 Å². The highest BCUT2D eigenvalue weighted by Crippen LogP contribution is 2.40. The fourth-order valence-electron chi connectivity index (χ4n) is 4.02. The van der Waals surface area contributed by atoms with E-state index in [1.807, 2.05) is 41.3 Å². The molecule has 0 spiro atoms. The molecule has 6 heteroatoms. The van der Waals surface area contributed by atoms with E-state index in [0.717, 1.165) is 35.7 Å². The number of rotatable bonds is 4. The predicted octanol–water partition coefficient (Wildman–Crippen LogP) is 5.57. The third kappa shape index (κ3) is 4.33. The maximum atomic E-state index is 13.4. The van der Waals surface area contributed by atoms with Gasteiger partial charge in [0.1, 0.15) is 0 Å². The fraction of sp³-hybridized carbons (Fsp3) is 0.292. The molecular weight excluding hydrogens is 396 g/mol. The lowest BCUT2D eigenvalue weighted by atomic mass is 9.85. The summed E-state index contributed by atoms with van der Waals surface area (Å²) in [4.78, 5) is 31.8. The second-order valence-corrected chi connectivity index (χ2v) is 8.78. The monoisotopic (exact) mass is 420 g/mol. The van der Waals surface area contributed by atoms with E-state index in [0.29, 0.717) is 10.8 Å². The van der Waals surface area contributed by atoms with Gasteiger partial charge >= 0.3 is 5.97 Å². The van der Waals surface area contributed by atoms with Crippen LogP contribution in [0.2, 0.25) is 0 Å². The molecule has 1 saturated carbocycles. The molecule has 1 aliphatic heterocycles. The van der Waals surface area contributed by atoms with E-state index in [1.165, 1.54) is 18.2 Å². The number of hydrogen-bond donors (Lipinski definition) is 1. The summed E-state index contributed by atoms with van der Waals surface area (Å²) in [5, 5.41) is 9.81. The lowest BCUT2D eigenvalue weighted by molar-refractivity contribution is -0.124. The van der Waals surface area contributed by atoms with Gasteiger partial charge in [-0.3, -0.25) is 9.69 Å². The number of carboxylic acids is 1. The van der Waals surface area contributed by atoms with Crippen molar-refractivity contribution in [3.8, 4) is 0 Å². The third-order valence-corrected chi connectivity index (χ3v) is 6.65. The van der Waals surface area contributed by atoms with E-state index in [1.54, 1.807) is 24.3 Å². The summed E-state index contributed by atoms with van der Waals surface area (Å²) in [6, 6.07) is 16.4. The number of nitrogens with zero attached hydrogens (tertiary/aromatic N) is 2. The van der Waals surface area contributed by atoms with Crippen molar-refractivity contribution < 1.29 is 14.7 Å². The van der Waals surface area contributed by atoms with Gasteiger partial charge in [0.25, 0.3) is 5.91 Å². The molecule has 1 N–H and O–H groups in total. The molecule has 2 aromatic rings. The minimum absolute atomic E-state index is 0.0178. The average molecular weight is 421 g/mol. The smallest absolute Gasteiger partial charge is 0.335 e. The molecule has 2 aromatic carbocycles. The Morgan fingerprint density at radius 1 is 1.10 bits per heavy atom. The molecule has 2 aliphatic rings. The zero-order chi connectivity index (χ0) is 21.1. The molecule has 154 valence electrons. The van der Waals surface area contributed by atoms with Crippen LogP contribution in [0.5, 0.6) is 0 Å². The molecule has 0 bridgehead atoms. The second kappa shape index (κ2) is 8.88. The van der Waals surface area contributed by atoms with Crippen molar-refractivity contribution in [2.45, 2.75) is 38.6 Å². The van der Waals surface area contributed by atoms with Crippen LogP contribution in [-0.4, -0.2) is 33.1 Å². The summed E-state index contributed by atoms with van der Waals surface area (Å²) in [7, 11) is 0. The first-order chi connectivity index (χ1) is 14.5. The van der Waals surface area contributed by atoms with Gasteiger partial charge in [-0.25, -0.2) is 9.79 Å². The van der Waals surface area contributed by atoms with Crippen LogP contribution in [0.4, 0.5) is 5.69 Å². The second-order valence-electron chi connectivity index (χ2n) is 7.77. The number of aliphatic imine (C=N–C) groups is 1. The van der Waals surface area contributed by atoms with Crippen molar-refractivity contribution in [1.29, 1.82) is 0 Å². The third-order valence-electron chi connectivity index (χ3n) is 5.67. The molecule has 0 radical (unpaired) electrons. The van der Waals surface area contributed by atoms with Gasteiger partial charge in [0.2, 0.25) is 0 Å². The highest BCUT2D eigenvalue weighted by atomic mass is 32.2. The number of carbonyl (C=O) groups excluding carboxylic acids is 1. The largest absolute Gasteiger partial charge is 0.478 e. The molecule has 2 atom stereocenters. The van der Waals surface area contributed by atoms with E-state index in [9.17, 15) is 9.59 Å². The molecule has 1 saturated heterocycles. The Bertz CT molecular complexity index is 999. The maximum absolute atomic E-state index is 13.4. The van der Waals surface area contributed by atoms with Crippen molar-refractivity contribution in [1.82, 2.24) is 4.90 Å². The number of aromatic carboxylic acids is 1. The molecule has 30 heavy (non-hydrogen) atoms. The maximum Gasteiger partial charge on any atom is 0.335 e. The Morgan fingerprint density at radius 3 is 2.47 bits per heavy atom. The number of hydrogen-bond acceptors (Lipinski definition) is 4. The van der Waals surface area contributed by atoms with Gasteiger partial charge in [0.05, 0.1) is 16.2 Å². The quantitative estimate of drug-likeness (QED) is 0.657. The molecule has 5 nitrogen and oxygen atoms in total. The highest BCUT2D eigenvalue weighted by Gasteiger charge is 2.41. The summed E-state index contributed by atoms with van der Waals surface area (Å²) in [6.45, 7) is 2.22. The van der Waals surface area contributed by atoms with Crippen LogP contribution in [0.1, 0.15) is 48.5 Å². The summed E-state index contributed by atoms with van der Waals surface area (Å²) >= 11 is 1.39. The minimum Gasteiger partial charge on any atom is -0.478 e. The standard InChI is InChI=1S/C24H24N2O3S/c1-16-7-5-6-10-20(16)26-22(27)21(15-17-11-13-18(14-12-17)23(28)29)30-24(26)25-19-8-3-2-4-9-19/h2-4,8-9,11-16,20H,5-7,10H2,1H3,(H,28,29)/b21-15-,25-24?/t16-,20-/m0/s1. The Balaban J connectivity index is 1.69. The molecule has 0 unspecified atom stereocenters. The van der Waals surface area contributed by atoms with Gasteiger partial charge in [-0.2, -0.15) is 0 Å². The molecule has 1 heterocycles. The average Bonchev–Trinajstić information content (AvgIpc) is 3.04. The first-order valence-electron chi connectivity index (χ1n) is 10.2. The van der Waals surface area contributed by atoms with Gasteiger partial charge in [0, 0.05) is 6.04 Å². The normalized spacial score (nSPS) is 24.6. The van der Waals surface area contributed by atoms with Crippen LogP contribution in [0, 0.1) is 5.92 Å².